The van der Waals surface area contributed by atoms with E-state index in [1.807, 2.05) is 24.3 Å². The van der Waals surface area contributed by atoms with Crippen LogP contribution in [0.3, 0.4) is 0 Å². The summed E-state index contributed by atoms with van der Waals surface area (Å²) in [4.78, 5) is 10.4. The second kappa shape index (κ2) is 5.10. The molecule has 4 rings (SSSR count). The molecule has 2 heterocycles. The van der Waals surface area contributed by atoms with E-state index in [1.165, 1.54) is 5.56 Å². The summed E-state index contributed by atoms with van der Waals surface area (Å²) in [5.41, 5.74) is 3.50. The molecule has 2 aromatic carbocycles. The topological polar surface area (TPSA) is 64.4 Å². The SMILES string of the molecule is O=[N+]([O-])c1ccc([C@H]2Nc3ccccc3[C@@H]3OCC[C@H]23)cc1. The first kappa shape index (κ1) is 13.3. The molecule has 5 heteroatoms. The molecule has 0 bridgehead atoms. The van der Waals surface area contributed by atoms with Gasteiger partial charge in [0.05, 0.1) is 17.1 Å². The number of hydrogen-bond acceptors (Lipinski definition) is 4. The number of nitrogens with one attached hydrogen (secondary N) is 1. The van der Waals surface area contributed by atoms with E-state index in [1.54, 1.807) is 12.1 Å². The van der Waals surface area contributed by atoms with Gasteiger partial charge in [0.15, 0.2) is 0 Å². The lowest BCUT2D eigenvalue weighted by Gasteiger charge is -2.36. The van der Waals surface area contributed by atoms with Crippen LogP contribution in [0.5, 0.6) is 0 Å². The molecule has 0 aliphatic carbocycles. The Hall–Kier alpha value is -2.40. The summed E-state index contributed by atoms with van der Waals surface area (Å²) in [6, 6.07) is 15.2. The van der Waals surface area contributed by atoms with Crippen LogP contribution in [-0.4, -0.2) is 11.5 Å². The van der Waals surface area contributed by atoms with Crippen molar-refractivity contribution in [1.82, 2.24) is 0 Å². The van der Waals surface area contributed by atoms with Crippen molar-refractivity contribution < 1.29 is 9.66 Å². The summed E-state index contributed by atoms with van der Waals surface area (Å²) in [6.45, 7) is 0.759. The molecule has 0 saturated carbocycles. The minimum atomic E-state index is -0.366. The van der Waals surface area contributed by atoms with E-state index in [0.717, 1.165) is 24.3 Å². The van der Waals surface area contributed by atoms with Crippen molar-refractivity contribution in [3.8, 4) is 0 Å². The number of fused-ring (bicyclic) bond motifs is 3. The predicted molar refractivity (Wildman–Crippen MR) is 82.7 cm³/mol. The Balaban J connectivity index is 1.71. The number of ether oxygens (including phenoxy) is 1. The van der Waals surface area contributed by atoms with Gasteiger partial charge in [0, 0.05) is 35.9 Å². The van der Waals surface area contributed by atoms with Crippen molar-refractivity contribution in [2.75, 3.05) is 11.9 Å². The number of nitro groups is 1. The van der Waals surface area contributed by atoms with Gasteiger partial charge >= 0.3 is 0 Å². The molecule has 0 spiro atoms. The Bertz CT molecular complexity index is 714. The number of hydrogen-bond donors (Lipinski definition) is 1. The Morgan fingerprint density at radius 1 is 1.14 bits per heavy atom. The van der Waals surface area contributed by atoms with E-state index in [4.69, 9.17) is 4.74 Å². The normalized spacial score (nSPS) is 25.9. The van der Waals surface area contributed by atoms with Crippen LogP contribution in [0.25, 0.3) is 0 Å². The first-order valence-corrected chi connectivity index (χ1v) is 7.45. The lowest BCUT2D eigenvalue weighted by molar-refractivity contribution is -0.384. The van der Waals surface area contributed by atoms with Crippen molar-refractivity contribution in [2.45, 2.75) is 18.6 Å². The third-order valence-electron chi connectivity index (χ3n) is 4.61. The van der Waals surface area contributed by atoms with Gasteiger partial charge in [0.2, 0.25) is 0 Å². The quantitative estimate of drug-likeness (QED) is 0.675. The minimum absolute atomic E-state index is 0.109. The van der Waals surface area contributed by atoms with Crippen molar-refractivity contribution in [2.24, 2.45) is 5.92 Å². The standard InChI is InChI=1S/C17H16N2O3/c20-19(21)12-7-5-11(6-8-12)16-14-9-10-22-17(14)13-3-1-2-4-15(13)18-16/h1-8,14,16-18H,9-10H2/t14-,16-,17+/m1/s1. The van der Waals surface area contributed by atoms with E-state index in [2.05, 4.69) is 17.4 Å². The van der Waals surface area contributed by atoms with Crippen molar-refractivity contribution in [1.29, 1.82) is 0 Å². The van der Waals surface area contributed by atoms with E-state index >= 15 is 0 Å². The zero-order chi connectivity index (χ0) is 15.1. The molecule has 5 nitrogen and oxygen atoms in total. The van der Waals surface area contributed by atoms with Gasteiger partial charge in [-0.2, -0.15) is 0 Å². The summed E-state index contributed by atoms with van der Waals surface area (Å²) in [7, 11) is 0. The molecule has 1 saturated heterocycles. The van der Waals surface area contributed by atoms with Crippen LogP contribution < -0.4 is 5.32 Å². The molecule has 2 aliphatic heterocycles. The molecule has 0 amide bonds. The van der Waals surface area contributed by atoms with Crippen LogP contribution in [0.2, 0.25) is 0 Å². The molecule has 22 heavy (non-hydrogen) atoms. The summed E-state index contributed by atoms with van der Waals surface area (Å²) in [5.74, 6) is 0.358. The highest BCUT2D eigenvalue weighted by atomic mass is 16.6. The Morgan fingerprint density at radius 3 is 2.68 bits per heavy atom. The average molecular weight is 296 g/mol. The number of benzene rings is 2. The first-order valence-electron chi connectivity index (χ1n) is 7.45. The monoisotopic (exact) mass is 296 g/mol. The smallest absolute Gasteiger partial charge is 0.269 e. The lowest BCUT2D eigenvalue weighted by Crippen LogP contribution is -2.29. The molecular weight excluding hydrogens is 280 g/mol. The van der Waals surface area contributed by atoms with E-state index in [9.17, 15) is 10.1 Å². The second-order valence-electron chi connectivity index (χ2n) is 5.80. The highest BCUT2D eigenvalue weighted by Gasteiger charge is 2.41. The van der Waals surface area contributed by atoms with Gasteiger partial charge in [0.25, 0.3) is 5.69 Å². The van der Waals surface area contributed by atoms with Gasteiger partial charge in [-0.15, -0.1) is 0 Å². The zero-order valence-corrected chi connectivity index (χ0v) is 11.9. The van der Waals surface area contributed by atoms with Crippen LogP contribution >= 0.6 is 0 Å². The first-order chi connectivity index (χ1) is 10.7. The van der Waals surface area contributed by atoms with Crippen LogP contribution in [0, 0.1) is 16.0 Å². The van der Waals surface area contributed by atoms with Crippen LogP contribution in [0.4, 0.5) is 11.4 Å². The van der Waals surface area contributed by atoms with Gasteiger partial charge in [0.1, 0.15) is 0 Å². The number of para-hydroxylation sites is 1. The number of nitrogens with zero attached hydrogens (tertiary/aromatic N) is 1. The molecule has 0 radical (unpaired) electrons. The molecular formula is C17H16N2O3. The number of rotatable bonds is 2. The average Bonchev–Trinajstić information content (AvgIpc) is 3.04. The van der Waals surface area contributed by atoms with E-state index in [-0.39, 0.29) is 22.8 Å². The van der Waals surface area contributed by atoms with Gasteiger partial charge in [-0.3, -0.25) is 10.1 Å². The van der Waals surface area contributed by atoms with E-state index in [0.29, 0.717) is 5.92 Å². The van der Waals surface area contributed by atoms with Gasteiger partial charge in [-0.25, -0.2) is 0 Å². The third kappa shape index (κ3) is 2.05. The maximum atomic E-state index is 10.8. The summed E-state index contributed by atoms with van der Waals surface area (Å²) in [5, 5.41) is 14.4. The molecule has 1 N–H and O–H groups in total. The molecule has 0 aromatic heterocycles. The Kier molecular flexibility index (Phi) is 3.08. The fourth-order valence-electron chi connectivity index (χ4n) is 3.55. The molecule has 1 fully saturated rings. The molecule has 0 unspecified atom stereocenters. The number of non-ortho nitro benzene ring substituents is 1. The van der Waals surface area contributed by atoms with E-state index < -0.39 is 0 Å². The lowest BCUT2D eigenvalue weighted by atomic mass is 9.81. The number of nitro benzene ring substituents is 1. The molecule has 112 valence electrons. The second-order valence-corrected chi connectivity index (χ2v) is 5.80. The summed E-state index contributed by atoms with van der Waals surface area (Å²) < 4.78 is 5.95. The Morgan fingerprint density at radius 2 is 1.91 bits per heavy atom. The third-order valence-corrected chi connectivity index (χ3v) is 4.61. The predicted octanol–water partition coefficient (Wildman–Crippen LogP) is 3.84. The minimum Gasteiger partial charge on any atom is -0.378 e. The van der Waals surface area contributed by atoms with Crippen molar-refractivity contribution in [3.63, 3.8) is 0 Å². The molecule has 3 atom stereocenters. The summed E-state index contributed by atoms with van der Waals surface area (Å²) >= 11 is 0. The highest BCUT2D eigenvalue weighted by Crippen LogP contribution is 2.49. The van der Waals surface area contributed by atoms with Crippen molar-refractivity contribution in [3.05, 3.63) is 69.8 Å². The van der Waals surface area contributed by atoms with Gasteiger partial charge in [-0.05, 0) is 18.1 Å². The largest absolute Gasteiger partial charge is 0.378 e. The van der Waals surface area contributed by atoms with Gasteiger partial charge < -0.3 is 10.1 Å². The van der Waals surface area contributed by atoms with Crippen LogP contribution in [0.1, 0.15) is 29.7 Å². The van der Waals surface area contributed by atoms with Crippen LogP contribution in [-0.2, 0) is 4.74 Å². The fraction of sp³-hybridized carbons (Fsp3) is 0.294. The maximum absolute atomic E-state index is 10.8. The molecule has 2 aliphatic rings. The molecule has 2 aromatic rings. The summed E-state index contributed by atoms with van der Waals surface area (Å²) in [6.07, 6.45) is 1.10. The number of anilines is 1. The fourth-order valence-corrected chi connectivity index (χ4v) is 3.55. The maximum Gasteiger partial charge on any atom is 0.269 e. The highest BCUT2D eigenvalue weighted by molar-refractivity contribution is 5.57. The zero-order valence-electron chi connectivity index (χ0n) is 11.9. The van der Waals surface area contributed by atoms with Gasteiger partial charge in [-0.1, -0.05) is 30.3 Å². The Labute approximate surface area is 128 Å². The van der Waals surface area contributed by atoms with Crippen molar-refractivity contribution >= 4 is 11.4 Å². The van der Waals surface area contributed by atoms with Crippen LogP contribution in [0.15, 0.2) is 48.5 Å².